The summed E-state index contributed by atoms with van der Waals surface area (Å²) in [4.78, 5) is 15.1. The Morgan fingerprint density at radius 2 is 2.00 bits per heavy atom. The summed E-state index contributed by atoms with van der Waals surface area (Å²) in [6.45, 7) is 2.12. The number of nitrogens with zero attached hydrogens (tertiary/aromatic N) is 1. The van der Waals surface area contributed by atoms with Crippen molar-refractivity contribution >= 4 is 12.0 Å². The van der Waals surface area contributed by atoms with E-state index in [4.69, 9.17) is 14.6 Å². The molecule has 0 aliphatic carbocycles. The van der Waals surface area contributed by atoms with Gasteiger partial charge in [-0.1, -0.05) is 12.1 Å². The van der Waals surface area contributed by atoms with E-state index >= 15 is 0 Å². The van der Waals surface area contributed by atoms with Crippen molar-refractivity contribution in [2.75, 3.05) is 6.61 Å². The van der Waals surface area contributed by atoms with E-state index in [2.05, 4.69) is 4.98 Å². The topological polar surface area (TPSA) is 68.7 Å². The Morgan fingerprint density at radius 1 is 1.24 bits per heavy atom. The standard InChI is InChI=1S/C16H15NO4/c1-2-20-16(19)10-5-12-3-7-14(8-4-12)21-15-9-6-13(18)11-17-15/h3-11,18H,2H2,1H3/b10-5+. The molecule has 0 bridgehead atoms. The number of aromatic nitrogens is 1. The van der Waals surface area contributed by atoms with Crippen LogP contribution in [0.4, 0.5) is 0 Å². The number of carbonyl (C=O) groups excluding carboxylic acids is 1. The molecule has 0 fully saturated rings. The van der Waals surface area contributed by atoms with Crippen LogP contribution in [0.2, 0.25) is 0 Å². The van der Waals surface area contributed by atoms with Gasteiger partial charge in [0.25, 0.3) is 0 Å². The number of ether oxygens (including phenoxy) is 2. The van der Waals surface area contributed by atoms with E-state index in [1.165, 1.54) is 18.3 Å². The molecule has 1 heterocycles. The first-order valence-electron chi connectivity index (χ1n) is 6.45. The Kier molecular flexibility index (Phi) is 4.93. The molecule has 21 heavy (non-hydrogen) atoms. The Hall–Kier alpha value is -2.82. The fourth-order valence-corrected chi connectivity index (χ4v) is 1.56. The molecule has 0 spiro atoms. The fraction of sp³-hybridized carbons (Fsp3) is 0.125. The summed E-state index contributed by atoms with van der Waals surface area (Å²) in [5.74, 6) is 0.719. The van der Waals surface area contributed by atoms with Gasteiger partial charge in [0.1, 0.15) is 11.5 Å². The largest absolute Gasteiger partial charge is 0.506 e. The lowest BCUT2D eigenvalue weighted by molar-refractivity contribution is -0.137. The molecule has 0 aliphatic rings. The highest BCUT2D eigenvalue weighted by atomic mass is 16.5. The molecule has 0 saturated heterocycles. The van der Waals surface area contributed by atoms with E-state index in [0.29, 0.717) is 18.2 Å². The van der Waals surface area contributed by atoms with Crippen LogP contribution in [0, 0.1) is 0 Å². The summed E-state index contributed by atoms with van der Waals surface area (Å²) in [5, 5.41) is 9.14. The molecule has 0 amide bonds. The van der Waals surface area contributed by atoms with E-state index < -0.39 is 0 Å². The second-order valence-corrected chi connectivity index (χ2v) is 4.11. The maximum Gasteiger partial charge on any atom is 0.330 e. The smallest absolute Gasteiger partial charge is 0.330 e. The van der Waals surface area contributed by atoms with Crippen LogP contribution in [0.1, 0.15) is 12.5 Å². The molecule has 2 aromatic rings. The summed E-state index contributed by atoms with van der Waals surface area (Å²) in [6, 6.07) is 10.2. The summed E-state index contributed by atoms with van der Waals surface area (Å²) in [6.07, 6.45) is 4.35. The quantitative estimate of drug-likeness (QED) is 0.675. The number of carbonyl (C=O) groups is 1. The summed E-state index contributed by atoms with van der Waals surface area (Å²) in [5.41, 5.74) is 0.856. The van der Waals surface area contributed by atoms with E-state index in [-0.39, 0.29) is 11.7 Å². The van der Waals surface area contributed by atoms with Gasteiger partial charge in [0.15, 0.2) is 0 Å². The van der Waals surface area contributed by atoms with Crippen LogP contribution in [0.15, 0.2) is 48.7 Å². The van der Waals surface area contributed by atoms with Gasteiger partial charge in [-0.05, 0) is 36.8 Å². The molecule has 0 atom stereocenters. The maximum absolute atomic E-state index is 11.2. The van der Waals surface area contributed by atoms with Gasteiger partial charge >= 0.3 is 5.97 Å². The number of hydrogen-bond donors (Lipinski definition) is 1. The van der Waals surface area contributed by atoms with Crippen LogP contribution < -0.4 is 4.74 Å². The third-order valence-electron chi connectivity index (χ3n) is 2.52. The predicted molar refractivity (Wildman–Crippen MR) is 78.1 cm³/mol. The predicted octanol–water partition coefficient (Wildman–Crippen LogP) is 3.16. The van der Waals surface area contributed by atoms with Crippen molar-refractivity contribution in [2.24, 2.45) is 0 Å². The number of benzene rings is 1. The van der Waals surface area contributed by atoms with Gasteiger partial charge in [0.05, 0.1) is 12.8 Å². The molecule has 5 heteroatoms. The Bertz CT molecular complexity index is 618. The number of aromatic hydroxyl groups is 1. The minimum Gasteiger partial charge on any atom is -0.506 e. The van der Waals surface area contributed by atoms with Crippen molar-refractivity contribution in [1.82, 2.24) is 4.98 Å². The second kappa shape index (κ2) is 7.09. The monoisotopic (exact) mass is 285 g/mol. The number of hydrogen-bond acceptors (Lipinski definition) is 5. The molecular weight excluding hydrogens is 270 g/mol. The molecular formula is C16H15NO4. The molecule has 1 N–H and O–H groups in total. The third kappa shape index (κ3) is 4.65. The number of esters is 1. The minimum atomic E-state index is -0.369. The molecule has 2 rings (SSSR count). The normalized spacial score (nSPS) is 10.5. The third-order valence-corrected chi connectivity index (χ3v) is 2.52. The van der Waals surface area contributed by atoms with E-state index in [1.54, 1.807) is 31.2 Å². The van der Waals surface area contributed by atoms with Crippen LogP contribution in [-0.4, -0.2) is 22.7 Å². The van der Waals surface area contributed by atoms with Crippen molar-refractivity contribution < 1.29 is 19.4 Å². The van der Waals surface area contributed by atoms with Crippen LogP contribution >= 0.6 is 0 Å². The SMILES string of the molecule is CCOC(=O)/C=C/c1ccc(Oc2ccc(O)cn2)cc1. The zero-order valence-corrected chi connectivity index (χ0v) is 11.5. The first-order chi connectivity index (χ1) is 10.2. The van der Waals surface area contributed by atoms with Gasteiger partial charge in [-0.25, -0.2) is 9.78 Å². The molecule has 5 nitrogen and oxygen atoms in total. The van der Waals surface area contributed by atoms with E-state index in [0.717, 1.165) is 5.56 Å². The van der Waals surface area contributed by atoms with Crippen LogP contribution in [0.5, 0.6) is 17.4 Å². The highest BCUT2D eigenvalue weighted by molar-refractivity contribution is 5.87. The van der Waals surface area contributed by atoms with Gasteiger partial charge in [-0.3, -0.25) is 0 Å². The number of pyridine rings is 1. The van der Waals surface area contributed by atoms with Crippen molar-refractivity contribution in [3.63, 3.8) is 0 Å². The Morgan fingerprint density at radius 3 is 2.62 bits per heavy atom. The summed E-state index contributed by atoms with van der Waals surface area (Å²) >= 11 is 0. The van der Waals surface area contributed by atoms with Crippen LogP contribution in [0.3, 0.4) is 0 Å². The fourth-order valence-electron chi connectivity index (χ4n) is 1.56. The van der Waals surface area contributed by atoms with Crippen molar-refractivity contribution in [1.29, 1.82) is 0 Å². The lowest BCUT2D eigenvalue weighted by Crippen LogP contribution is -1.98. The molecule has 1 aromatic carbocycles. The van der Waals surface area contributed by atoms with Gasteiger partial charge in [-0.15, -0.1) is 0 Å². The van der Waals surface area contributed by atoms with E-state index in [9.17, 15) is 4.79 Å². The number of rotatable bonds is 5. The molecule has 0 aliphatic heterocycles. The zero-order valence-electron chi connectivity index (χ0n) is 11.5. The van der Waals surface area contributed by atoms with Crippen LogP contribution in [-0.2, 0) is 9.53 Å². The lowest BCUT2D eigenvalue weighted by atomic mass is 10.2. The van der Waals surface area contributed by atoms with Gasteiger partial charge in [0, 0.05) is 12.1 Å². The van der Waals surface area contributed by atoms with Crippen molar-refractivity contribution in [3.8, 4) is 17.4 Å². The summed E-state index contributed by atoms with van der Waals surface area (Å²) < 4.78 is 10.3. The Balaban J connectivity index is 1.98. The lowest BCUT2D eigenvalue weighted by Gasteiger charge is -2.04. The molecule has 0 radical (unpaired) electrons. The van der Waals surface area contributed by atoms with Crippen molar-refractivity contribution in [2.45, 2.75) is 6.92 Å². The highest BCUT2D eigenvalue weighted by Gasteiger charge is 1.99. The van der Waals surface area contributed by atoms with Crippen LogP contribution in [0.25, 0.3) is 6.08 Å². The van der Waals surface area contributed by atoms with Gasteiger partial charge in [0.2, 0.25) is 5.88 Å². The molecule has 0 unspecified atom stereocenters. The highest BCUT2D eigenvalue weighted by Crippen LogP contribution is 2.21. The minimum absolute atomic E-state index is 0.0850. The van der Waals surface area contributed by atoms with Gasteiger partial charge < -0.3 is 14.6 Å². The average molecular weight is 285 g/mol. The average Bonchev–Trinajstić information content (AvgIpc) is 2.49. The summed E-state index contributed by atoms with van der Waals surface area (Å²) in [7, 11) is 0. The van der Waals surface area contributed by atoms with E-state index in [1.807, 2.05) is 12.1 Å². The second-order valence-electron chi connectivity index (χ2n) is 4.11. The molecule has 0 saturated carbocycles. The first kappa shape index (κ1) is 14.6. The molecule has 108 valence electrons. The Labute approximate surface area is 122 Å². The maximum atomic E-state index is 11.2. The molecule has 1 aromatic heterocycles. The van der Waals surface area contributed by atoms with Crippen molar-refractivity contribution in [3.05, 3.63) is 54.2 Å². The zero-order chi connectivity index (χ0) is 15.1. The first-order valence-corrected chi connectivity index (χ1v) is 6.45. The van der Waals surface area contributed by atoms with Gasteiger partial charge in [-0.2, -0.15) is 0 Å².